The van der Waals surface area contributed by atoms with Gasteiger partial charge in [0.1, 0.15) is 12.1 Å². The quantitative estimate of drug-likeness (QED) is 0.157. The van der Waals surface area contributed by atoms with Crippen LogP contribution in [0.4, 0.5) is 0 Å². The number of carbonyl (C=O) groups is 5. The Bertz CT molecular complexity index is 1390. The lowest BCUT2D eigenvalue weighted by Gasteiger charge is -2.29. The number of hydrogen-bond donors (Lipinski definition) is 2. The number of imide groups is 1. The Morgan fingerprint density at radius 1 is 1.09 bits per heavy atom. The Hall–Kier alpha value is -4.73. The summed E-state index contributed by atoms with van der Waals surface area (Å²) in [6, 6.07) is 5.88. The highest BCUT2D eigenvalue weighted by molar-refractivity contribution is 6.21. The van der Waals surface area contributed by atoms with Gasteiger partial charge in [-0.05, 0) is 43.2 Å². The number of esters is 1. The van der Waals surface area contributed by atoms with Crippen molar-refractivity contribution in [2.75, 3.05) is 13.7 Å². The van der Waals surface area contributed by atoms with Gasteiger partial charge in [-0.3, -0.25) is 24.1 Å². The van der Waals surface area contributed by atoms with E-state index in [0.717, 1.165) is 5.57 Å². The van der Waals surface area contributed by atoms with Gasteiger partial charge >= 0.3 is 5.97 Å². The molecule has 2 aliphatic rings. The summed E-state index contributed by atoms with van der Waals surface area (Å²) in [7, 11) is 1.43. The monoisotopic (exact) mass is 603 g/mol. The highest BCUT2D eigenvalue weighted by atomic mass is 16.6. The van der Waals surface area contributed by atoms with Crippen LogP contribution in [-0.4, -0.2) is 60.3 Å². The molecule has 2 heterocycles. The second kappa shape index (κ2) is 15.1. The van der Waals surface area contributed by atoms with Crippen molar-refractivity contribution in [1.82, 2.24) is 15.5 Å². The molecule has 2 aliphatic heterocycles. The van der Waals surface area contributed by atoms with Gasteiger partial charge in [0.15, 0.2) is 5.76 Å². The predicted octanol–water partition coefficient (Wildman–Crippen LogP) is 4.37. The summed E-state index contributed by atoms with van der Waals surface area (Å²) in [5, 5.41) is 5.44. The number of amides is 4. The maximum Gasteiger partial charge on any atom is 0.373 e. The molecule has 0 aromatic heterocycles. The van der Waals surface area contributed by atoms with Crippen molar-refractivity contribution < 1.29 is 33.4 Å². The van der Waals surface area contributed by atoms with E-state index in [4.69, 9.17) is 9.47 Å². The lowest BCUT2D eigenvalue weighted by Crippen LogP contribution is -2.52. The van der Waals surface area contributed by atoms with Crippen molar-refractivity contribution in [1.29, 1.82) is 0 Å². The van der Waals surface area contributed by atoms with E-state index in [9.17, 15) is 24.0 Å². The fourth-order valence-electron chi connectivity index (χ4n) is 4.79. The Labute approximate surface area is 258 Å². The van der Waals surface area contributed by atoms with E-state index in [1.54, 1.807) is 48.6 Å². The summed E-state index contributed by atoms with van der Waals surface area (Å²) >= 11 is 0. The van der Waals surface area contributed by atoms with E-state index < -0.39 is 29.2 Å². The molecule has 3 rings (SSSR count). The van der Waals surface area contributed by atoms with Gasteiger partial charge in [-0.2, -0.15) is 0 Å². The average molecular weight is 604 g/mol. The predicted molar refractivity (Wildman–Crippen MR) is 166 cm³/mol. The molecule has 2 N–H and O–H groups in total. The molecular weight excluding hydrogens is 562 g/mol. The van der Waals surface area contributed by atoms with Crippen LogP contribution in [0.15, 0.2) is 84.3 Å². The fraction of sp³-hybridized carbons (Fsp3) is 0.382. The van der Waals surface area contributed by atoms with Crippen molar-refractivity contribution in [2.24, 2.45) is 11.3 Å². The first-order valence-electron chi connectivity index (χ1n) is 14.5. The number of nitrogens with zero attached hydrogens (tertiary/aromatic N) is 1. The topological polar surface area (TPSA) is 131 Å². The molecule has 0 unspecified atom stereocenters. The molecule has 0 bridgehead atoms. The fourth-order valence-corrected chi connectivity index (χ4v) is 4.79. The molecule has 0 radical (unpaired) electrons. The smallest absolute Gasteiger partial charge is 0.373 e. The van der Waals surface area contributed by atoms with E-state index in [1.165, 1.54) is 24.3 Å². The van der Waals surface area contributed by atoms with Crippen molar-refractivity contribution in [3.8, 4) is 0 Å². The number of allylic oxidation sites excluding steroid dienone is 4. The molecule has 3 atom stereocenters. The first kappa shape index (κ1) is 33.8. The van der Waals surface area contributed by atoms with Crippen LogP contribution in [0.2, 0.25) is 0 Å². The van der Waals surface area contributed by atoms with Crippen LogP contribution < -0.4 is 10.6 Å². The van der Waals surface area contributed by atoms with E-state index in [2.05, 4.69) is 10.6 Å². The van der Waals surface area contributed by atoms with Crippen LogP contribution in [0.25, 0.3) is 0 Å². The summed E-state index contributed by atoms with van der Waals surface area (Å²) in [4.78, 5) is 63.6. The zero-order chi connectivity index (χ0) is 32.4. The second-order valence-corrected chi connectivity index (χ2v) is 11.8. The first-order valence-corrected chi connectivity index (χ1v) is 14.5. The van der Waals surface area contributed by atoms with E-state index in [1.807, 2.05) is 46.8 Å². The molecular formula is C34H41N3O7. The summed E-state index contributed by atoms with van der Waals surface area (Å²) in [5.74, 6) is -1.74. The molecule has 0 saturated heterocycles. The van der Waals surface area contributed by atoms with Gasteiger partial charge in [-0.1, -0.05) is 75.8 Å². The van der Waals surface area contributed by atoms with Crippen LogP contribution in [0, 0.1) is 11.3 Å². The van der Waals surface area contributed by atoms with Crippen LogP contribution in [0.1, 0.15) is 68.2 Å². The van der Waals surface area contributed by atoms with Crippen LogP contribution in [0.3, 0.4) is 0 Å². The summed E-state index contributed by atoms with van der Waals surface area (Å²) in [6.45, 7) is 9.60. The van der Waals surface area contributed by atoms with E-state index in [-0.39, 0.29) is 36.1 Å². The van der Waals surface area contributed by atoms with Crippen LogP contribution in [-0.2, 0) is 23.9 Å². The molecule has 1 aromatic carbocycles. The van der Waals surface area contributed by atoms with Crippen molar-refractivity contribution in [2.45, 2.75) is 59.6 Å². The number of carbonyl (C=O) groups excluding carboxylic acids is 5. The molecule has 0 aliphatic carbocycles. The largest absolute Gasteiger partial charge is 0.490 e. The number of nitrogens with one attached hydrogen (secondary N) is 2. The maximum atomic E-state index is 12.9. The average Bonchev–Trinajstić information content (AvgIpc) is 3.22. The summed E-state index contributed by atoms with van der Waals surface area (Å²) in [5.41, 5.74) is 1.15. The highest BCUT2D eigenvalue weighted by Gasteiger charge is 2.34. The van der Waals surface area contributed by atoms with Crippen molar-refractivity contribution in [3.63, 3.8) is 0 Å². The van der Waals surface area contributed by atoms with Gasteiger partial charge in [0.25, 0.3) is 11.8 Å². The number of rotatable bonds is 12. The van der Waals surface area contributed by atoms with Crippen molar-refractivity contribution >= 4 is 29.6 Å². The molecule has 4 amide bonds. The van der Waals surface area contributed by atoms with Gasteiger partial charge < -0.3 is 20.1 Å². The van der Waals surface area contributed by atoms with Crippen molar-refractivity contribution in [3.05, 3.63) is 95.5 Å². The number of benzene rings is 1. The molecule has 10 heteroatoms. The first-order chi connectivity index (χ1) is 20.8. The standard InChI is InChI=1S/C34H41N3O7/c1-22(21-23(2)26-17-18-27(43-6)33(42)44-26)13-7-10-16-28(38)36-29(34(3,4)5)30(39)35-19-11-12-20-37-31(40)24-14-8-9-15-25(24)32(37)41/h7-11,13-16,18-19,21,23,26,29H,12,17,20H2,1-6H3,(H,35,39)(H,36,38)/b13-7-,16-10-,19-11-,22-21+/t23-,26-,29+/m0/s1. The van der Waals surface area contributed by atoms with Crippen LogP contribution >= 0.6 is 0 Å². The Balaban J connectivity index is 1.47. The lowest BCUT2D eigenvalue weighted by atomic mass is 9.86. The minimum Gasteiger partial charge on any atom is -0.490 e. The zero-order valence-corrected chi connectivity index (χ0v) is 26.1. The number of cyclic esters (lactones) is 1. The number of methoxy groups -OCH3 is 1. The third-order valence-electron chi connectivity index (χ3n) is 7.20. The van der Waals surface area contributed by atoms with Gasteiger partial charge in [0.2, 0.25) is 11.8 Å². The van der Waals surface area contributed by atoms with Gasteiger partial charge in [0, 0.05) is 25.0 Å². The van der Waals surface area contributed by atoms with Gasteiger partial charge in [-0.15, -0.1) is 0 Å². The highest BCUT2D eigenvalue weighted by Crippen LogP contribution is 2.24. The number of ether oxygens (including phenoxy) is 2. The Morgan fingerprint density at radius 2 is 1.73 bits per heavy atom. The summed E-state index contributed by atoms with van der Waals surface area (Å²) in [6.07, 6.45) is 14.0. The number of hydrogen-bond acceptors (Lipinski definition) is 7. The third kappa shape index (κ3) is 8.89. The summed E-state index contributed by atoms with van der Waals surface area (Å²) < 4.78 is 10.4. The molecule has 0 fully saturated rings. The van der Waals surface area contributed by atoms with Crippen LogP contribution in [0.5, 0.6) is 0 Å². The third-order valence-corrected chi connectivity index (χ3v) is 7.20. The van der Waals surface area contributed by atoms with E-state index in [0.29, 0.717) is 24.0 Å². The number of fused-ring (bicyclic) bond motifs is 1. The molecule has 10 nitrogen and oxygen atoms in total. The second-order valence-electron chi connectivity index (χ2n) is 11.8. The SMILES string of the molecule is COC1=CC[C@@H]([C@@H](C)/C=C(C)/C=C\C=C/C(=O)N[C@H](C(=O)N/C=C\CCN2C(=O)c3ccccc3C2=O)C(C)(C)C)OC1=O. The lowest BCUT2D eigenvalue weighted by molar-refractivity contribution is -0.151. The van der Waals surface area contributed by atoms with E-state index >= 15 is 0 Å². The minimum atomic E-state index is -0.821. The molecule has 1 aromatic rings. The molecule has 0 saturated carbocycles. The minimum absolute atomic E-state index is 0.0204. The van der Waals surface area contributed by atoms with Gasteiger partial charge in [-0.25, -0.2) is 4.79 Å². The zero-order valence-electron chi connectivity index (χ0n) is 26.1. The Morgan fingerprint density at radius 3 is 2.32 bits per heavy atom. The van der Waals surface area contributed by atoms with Gasteiger partial charge in [0.05, 0.1) is 18.2 Å². The maximum absolute atomic E-state index is 12.9. The molecule has 0 spiro atoms. The molecule has 234 valence electrons. The Kier molecular flexibility index (Phi) is 11.6. The normalized spacial score (nSPS) is 18.8. The molecule has 44 heavy (non-hydrogen) atoms.